The van der Waals surface area contributed by atoms with Gasteiger partial charge in [-0.2, -0.15) is 5.10 Å². The number of carbonyl (C=O) groups is 1. The summed E-state index contributed by atoms with van der Waals surface area (Å²) >= 11 is 0.839. The minimum atomic E-state index is -0.520. The first kappa shape index (κ1) is 13.1. The second kappa shape index (κ2) is 5.14. The number of hydrogen-bond donors (Lipinski definition) is 1. The maximum absolute atomic E-state index is 11.9. The molecule has 0 aliphatic heterocycles. The fraction of sp³-hybridized carbons (Fsp3) is 0.300. The molecule has 9 heteroatoms. The zero-order valence-corrected chi connectivity index (χ0v) is 11.0. The van der Waals surface area contributed by atoms with Crippen LogP contribution in [0, 0.1) is 10.1 Å². The minimum absolute atomic E-state index is 0.0588. The van der Waals surface area contributed by atoms with Crippen molar-refractivity contribution in [1.82, 2.24) is 20.1 Å². The van der Waals surface area contributed by atoms with Crippen molar-refractivity contribution in [2.75, 3.05) is 0 Å². The molecule has 1 unspecified atom stereocenters. The number of nitrogens with zero attached hydrogens (tertiary/aromatic N) is 4. The molecule has 0 bridgehead atoms. The Morgan fingerprint density at radius 2 is 2.32 bits per heavy atom. The summed E-state index contributed by atoms with van der Waals surface area (Å²) in [6, 6.07) is 2.41. The SMILES string of the molecule is CC(NC(=O)c1ccc([N+](=O)[O-])s1)c1ncnn1C. The zero-order valence-electron chi connectivity index (χ0n) is 10.2. The van der Waals surface area contributed by atoms with Crippen LogP contribution in [-0.4, -0.2) is 25.6 Å². The highest BCUT2D eigenvalue weighted by molar-refractivity contribution is 7.17. The molecule has 2 aromatic rings. The summed E-state index contributed by atoms with van der Waals surface area (Å²) in [5, 5.41) is 17.1. The lowest BCUT2D eigenvalue weighted by molar-refractivity contribution is -0.380. The van der Waals surface area contributed by atoms with Gasteiger partial charge in [0.2, 0.25) is 0 Å². The number of rotatable bonds is 4. The number of carbonyl (C=O) groups excluding carboxylic acids is 1. The van der Waals surface area contributed by atoms with Crippen molar-refractivity contribution in [3.8, 4) is 0 Å². The molecule has 0 spiro atoms. The lowest BCUT2D eigenvalue weighted by atomic mass is 10.3. The van der Waals surface area contributed by atoms with Crippen molar-refractivity contribution >= 4 is 22.2 Å². The first-order valence-corrected chi connectivity index (χ1v) is 6.19. The van der Waals surface area contributed by atoms with Crippen LogP contribution in [0.25, 0.3) is 0 Å². The predicted molar refractivity (Wildman–Crippen MR) is 67.9 cm³/mol. The van der Waals surface area contributed by atoms with Crippen LogP contribution in [0.15, 0.2) is 18.5 Å². The highest BCUT2D eigenvalue weighted by Crippen LogP contribution is 2.24. The quantitative estimate of drug-likeness (QED) is 0.671. The summed E-state index contributed by atoms with van der Waals surface area (Å²) in [5.41, 5.74) is 0. The van der Waals surface area contributed by atoms with Crippen LogP contribution in [0.1, 0.15) is 28.5 Å². The molecule has 8 nitrogen and oxygen atoms in total. The number of aromatic nitrogens is 3. The summed E-state index contributed by atoms with van der Waals surface area (Å²) in [7, 11) is 1.72. The molecule has 100 valence electrons. The first-order chi connectivity index (χ1) is 8.99. The number of nitrogens with one attached hydrogen (secondary N) is 1. The molecular weight excluding hydrogens is 270 g/mol. The lowest BCUT2D eigenvalue weighted by Crippen LogP contribution is -2.27. The van der Waals surface area contributed by atoms with Crippen LogP contribution >= 0.6 is 11.3 Å². The molecule has 1 amide bonds. The smallest absolute Gasteiger partial charge is 0.324 e. The maximum Gasteiger partial charge on any atom is 0.324 e. The summed E-state index contributed by atoms with van der Waals surface area (Å²) in [5.74, 6) is 0.244. The summed E-state index contributed by atoms with van der Waals surface area (Å²) < 4.78 is 1.56. The molecule has 1 N–H and O–H groups in total. The van der Waals surface area contributed by atoms with Crippen LogP contribution < -0.4 is 5.32 Å². The first-order valence-electron chi connectivity index (χ1n) is 5.38. The monoisotopic (exact) mass is 281 g/mol. The predicted octanol–water partition coefficient (Wildman–Crippen LogP) is 1.28. The van der Waals surface area contributed by atoms with E-state index in [9.17, 15) is 14.9 Å². The second-order valence-corrected chi connectivity index (χ2v) is 4.89. The van der Waals surface area contributed by atoms with Crippen molar-refractivity contribution in [3.63, 3.8) is 0 Å². The molecule has 0 saturated carbocycles. The number of thiophene rings is 1. The third-order valence-corrected chi connectivity index (χ3v) is 3.51. The molecule has 0 aromatic carbocycles. The van der Waals surface area contributed by atoms with Gasteiger partial charge in [0.15, 0.2) is 0 Å². The maximum atomic E-state index is 11.9. The Kier molecular flexibility index (Phi) is 3.56. The van der Waals surface area contributed by atoms with E-state index < -0.39 is 4.92 Å². The van der Waals surface area contributed by atoms with Gasteiger partial charge < -0.3 is 5.32 Å². The van der Waals surface area contributed by atoms with Crippen molar-refractivity contribution in [1.29, 1.82) is 0 Å². The number of aryl methyl sites for hydroxylation is 1. The van der Waals surface area contributed by atoms with Crippen molar-refractivity contribution in [2.45, 2.75) is 13.0 Å². The standard InChI is InChI=1S/C10H11N5O3S/c1-6(9-11-5-12-14(9)2)13-10(16)7-3-4-8(19-7)15(17)18/h3-6H,1-2H3,(H,13,16). The molecule has 2 aromatic heterocycles. The number of nitro groups is 1. The zero-order chi connectivity index (χ0) is 14.0. The average Bonchev–Trinajstić information content (AvgIpc) is 2.96. The number of hydrogen-bond acceptors (Lipinski definition) is 6. The third-order valence-electron chi connectivity index (χ3n) is 2.48. The molecule has 1 atom stereocenters. The largest absolute Gasteiger partial charge is 0.342 e. The fourth-order valence-electron chi connectivity index (χ4n) is 1.58. The van der Waals surface area contributed by atoms with E-state index in [2.05, 4.69) is 15.4 Å². The van der Waals surface area contributed by atoms with E-state index >= 15 is 0 Å². The van der Waals surface area contributed by atoms with Crippen LogP contribution in [0.5, 0.6) is 0 Å². The molecule has 2 rings (SSSR count). The molecule has 0 aliphatic rings. The minimum Gasteiger partial charge on any atom is -0.342 e. The van der Waals surface area contributed by atoms with Crippen molar-refractivity contribution < 1.29 is 9.72 Å². The Balaban J connectivity index is 2.08. The fourth-order valence-corrected chi connectivity index (χ4v) is 2.30. The highest BCUT2D eigenvalue weighted by Gasteiger charge is 2.19. The van der Waals surface area contributed by atoms with E-state index in [4.69, 9.17) is 0 Å². The van der Waals surface area contributed by atoms with Gasteiger partial charge in [-0.3, -0.25) is 19.6 Å². The van der Waals surface area contributed by atoms with E-state index in [-0.39, 0.29) is 17.0 Å². The Morgan fingerprint density at radius 3 is 2.84 bits per heavy atom. The third kappa shape index (κ3) is 2.76. The van der Waals surface area contributed by atoms with E-state index in [1.165, 1.54) is 18.5 Å². The van der Waals surface area contributed by atoms with Gasteiger partial charge in [0.25, 0.3) is 5.91 Å². The van der Waals surface area contributed by atoms with Crippen LogP contribution in [0.2, 0.25) is 0 Å². The van der Waals surface area contributed by atoms with Gasteiger partial charge in [-0.25, -0.2) is 4.98 Å². The molecule has 0 saturated heterocycles. The summed E-state index contributed by atoms with van der Waals surface area (Å²) in [6.07, 6.45) is 1.40. The molecule has 0 radical (unpaired) electrons. The van der Waals surface area contributed by atoms with Gasteiger partial charge in [0, 0.05) is 13.1 Å². The van der Waals surface area contributed by atoms with Gasteiger partial charge in [-0.15, -0.1) is 0 Å². The topological polar surface area (TPSA) is 103 Å². The lowest BCUT2D eigenvalue weighted by Gasteiger charge is -2.11. The number of amides is 1. The van der Waals surface area contributed by atoms with Crippen molar-refractivity contribution in [2.24, 2.45) is 7.05 Å². The van der Waals surface area contributed by atoms with E-state index in [0.29, 0.717) is 10.7 Å². The van der Waals surface area contributed by atoms with Gasteiger partial charge in [-0.1, -0.05) is 11.3 Å². The Labute approximate surface area is 112 Å². The van der Waals surface area contributed by atoms with Gasteiger partial charge in [-0.05, 0) is 13.0 Å². The van der Waals surface area contributed by atoms with E-state index in [1.54, 1.807) is 18.7 Å². The molecule has 19 heavy (non-hydrogen) atoms. The highest BCUT2D eigenvalue weighted by atomic mass is 32.1. The average molecular weight is 281 g/mol. The van der Waals surface area contributed by atoms with Crippen LogP contribution in [0.3, 0.4) is 0 Å². The van der Waals surface area contributed by atoms with Gasteiger partial charge in [0.1, 0.15) is 12.2 Å². The Hall–Kier alpha value is -2.29. The van der Waals surface area contributed by atoms with Crippen molar-refractivity contribution in [3.05, 3.63) is 39.3 Å². The summed E-state index contributed by atoms with van der Waals surface area (Å²) in [6.45, 7) is 1.77. The van der Waals surface area contributed by atoms with Gasteiger partial charge in [0.05, 0.1) is 15.8 Å². The second-order valence-electron chi connectivity index (χ2n) is 3.83. The molecule has 0 aliphatic carbocycles. The van der Waals surface area contributed by atoms with Crippen LogP contribution in [0.4, 0.5) is 5.00 Å². The molecular formula is C10H11N5O3S. The summed E-state index contributed by atoms with van der Waals surface area (Å²) in [4.78, 5) is 26.3. The Morgan fingerprint density at radius 1 is 1.58 bits per heavy atom. The van der Waals surface area contributed by atoms with E-state index in [1.807, 2.05) is 0 Å². The molecule has 0 fully saturated rings. The van der Waals surface area contributed by atoms with Gasteiger partial charge >= 0.3 is 5.00 Å². The normalized spacial score (nSPS) is 12.1. The van der Waals surface area contributed by atoms with E-state index in [0.717, 1.165) is 11.3 Å². The Bertz CT molecular complexity index is 620. The molecule has 2 heterocycles. The van der Waals surface area contributed by atoms with Crippen LogP contribution in [-0.2, 0) is 7.05 Å².